The van der Waals surface area contributed by atoms with Crippen LogP contribution in [0.15, 0.2) is 0 Å². The second kappa shape index (κ2) is 6.60. The van der Waals surface area contributed by atoms with Crippen molar-refractivity contribution in [1.29, 1.82) is 0 Å². The summed E-state index contributed by atoms with van der Waals surface area (Å²) in [4.78, 5) is 26.1. The van der Waals surface area contributed by atoms with Gasteiger partial charge >= 0.3 is 0 Å². The van der Waals surface area contributed by atoms with Crippen molar-refractivity contribution >= 4 is 11.8 Å². The molecule has 1 aliphatic heterocycles. The minimum atomic E-state index is -0.118. The lowest BCUT2D eigenvalue weighted by atomic mass is 9.99. The van der Waals surface area contributed by atoms with E-state index in [-0.39, 0.29) is 23.8 Å². The maximum absolute atomic E-state index is 12.2. The van der Waals surface area contributed by atoms with E-state index in [2.05, 4.69) is 17.2 Å². The number of nitrogens with zero attached hydrogens (tertiary/aromatic N) is 1. The second-order valence-corrected chi connectivity index (χ2v) is 5.33. The number of amides is 2. The summed E-state index contributed by atoms with van der Waals surface area (Å²) in [6.07, 6.45) is 5.86. The summed E-state index contributed by atoms with van der Waals surface area (Å²) in [6, 6.07) is 0.0476. The number of carbonyl (C=O) groups excluding carboxylic acids is 2. The molecular formula is C15H22N2O2. The predicted molar refractivity (Wildman–Crippen MR) is 73.2 cm³/mol. The van der Waals surface area contributed by atoms with Crippen LogP contribution in [0.3, 0.4) is 0 Å². The molecule has 19 heavy (non-hydrogen) atoms. The zero-order valence-corrected chi connectivity index (χ0v) is 11.6. The van der Waals surface area contributed by atoms with Crippen LogP contribution in [0.1, 0.15) is 45.4 Å². The Hall–Kier alpha value is -1.50. The first-order valence-electron chi connectivity index (χ1n) is 7.25. The van der Waals surface area contributed by atoms with Gasteiger partial charge in [-0.25, -0.2) is 0 Å². The maximum atomic E-state index is 12.2. The van der Waals surface area contributed by atoms with E-state index in [0.29, 0.717) is 0 Å². The highest BCUT2D eigenvalue weighted by Crippen LogP contribution is 2.31. The molecule has 2 amide bonds. The minimum absolute atomic E-state index is 0.0410. The van der Waals surface area contributed by atoms with Gasteiger partial charge in [0, 0.05) is 19.1 Å². The predicted octanol–water partition coefficient (Wildman–Crippen LogP) is 1.31. The van der Waals surface area contributed by atoms with Gasteiger partial charge in [0.25, 0.3) is 5.91 Å². The van der Waals surface area contributed by atoms with Gasteiger partial charge in [-0.05, 0) is 44.9 Å². The maximum Gasteiger partial charge on any atom is 0.298 e. The van der Waals surface area contributed by atoms with Crippen LogP contribution in [0.4, 0.5) is 0 Å². The molecule has 1 saturated carbocycles. The lowest BCUT2D eigenvalue weighted by molar-refractivity contribution is -0.132. The Morgan fingerprint density at radius 1 is 1.26 bits per heavy atom. The lowest BCUT2D eigenvalue weighted by Gasteiger charge is -2.32. The average molecular weight is 262 g/mol. The average Bonchev–Trinajstić information content (AvgIpc) is 2.86. The van der Waals surface area contributed by atoms with Gasteiger partial charge in [-0.15, -0.1) is 0 Å². The molecule has 0 aromatic rings. The summed E-state index contributed by atoms with van der Waals surface area (Å²) < 4.78 is 0. The van der Waals surface area contributed by atoms with Crippen molar-refractivity contribution in [3.05, 3.63) is 0 Å². The molecule has 1 heterocycles. The van der Waals surface area contributed by atoms with Crippen LogP contribution in [-0.2, 0) is 9.59 Å². The van der Waals surface area contributed by atoms with Crippen LogP contribution < -0.4 is 5.32 Å². The third kappa shape index (κ3) is 3.28. The zero-order chi connectivity index (χ0) is 13.7. The van der Waals surface area contributed by atoms with Gasteiger partial charge in [-0.2, -0.15) is 0 Å². The molecule has 0 aromatic carbocycles. The molecule has 2 rings (SSSR count). The van der Waals surface area contributed by atoms with Gasteiger partial charge in [0.1, 0.15) is 0 Å². The van der Waals surface area contributed by atoms with Gasteiger partial charge in [0.2, 0.25) is 5.91 Å². The first-order chi connectivity index (χ1) is 9.24. The van der Waals surface area contributed by atoms with Crippen LogP contribution in [0.25, 0.3) is 0 Å². The topological polar surface area (TPSA) is 49.4 Å². The van der Waals surface area contributed by atoms with E-state index in [0.717, 1.165) is 51.6 Å². The molecule has 2 atom stereocenters. The van der Waals surface area contributed by atoms with Crippen molar-refractivity contribution in [2.75, 3.05) is 13.1 Å². The molecule has 2 aliphatic rings. The van der Waals surface area contributed by atoms with Crippen LogP contribution in [0, 0.1) is 17.8 Å². The van der Waals surface area contributed by atoms with Crippen LogP contribution in [0.5, 0.6) is 0 Å². The molecule has 0 radical (unpaired) electrons. The number of fused-ring (bicyclic) bond motifs is 1. The third-order valence-electron chi connectivity index (χ3n) is 4.08. The summed E-state index contributed by atoms with van der Waals surface area (Å²) in [5.74, 6) is 5.27. The molecule has 1 N–H and O–H groups in total. The largest absolute Gasteiger partial charge is 0.356 e. The van der Waals surface area contributed by atoms with E-state index in [4.69, 9.17) is 0 Å². The number of rotatable bonds is 0. The SMILES string of the molecule is CC#CC(=O)N1CCCCCNC(=O)[C@@H]2CCC[C@@H]21. The molecule has 0 bridgehead atoms. The Kier molecular flexibility index (Phi) is 4.84. The van der Waals surface area contributed by atoms with E-state index in [1.54, 1.807) is 6.92 Å². The van der Waals surface area contributed by atoms with Crippen LogP contribution in [-0.4, -0.2) is 35.8 Å². The molecule has 1 saturated heterocycles. The van der Waals surface area contributed by atoms with Gasteiger partial charge in [0.05, 0.1) is 5.92 Å². The molecule has 0 aromatic heterocycles. The molecule has 1 aliphatic carbocycles. The Morgan fingerprint density at radius 3 is 2.89 bits per heavy atom. The molecular weight excluding hydrogens is 240 g/mol. The van der Waals surface area contributed by atoms with Gasteiger partial charge in [-0.3, -0.25) is 9.59 Å². The Bertz CT molecular complexity index is 408. The van der Waals surface area contributed by atoms with Gasteiger partial charge in [0.15, 0.2) is 0 Å². The van der Waals surface area contributed by atoms with Crippen molar-refractivity contribution in [2.45, 2.75) is 51.5 Å². The van der Waals surface area contributed by atoms with Crippen molar-refractivity contribution < 1.29 is 9.59 Å². The number of hydrogen-bond acceptors (Lipinski definition) is 2. The molecule has 2 fully saturated rings. The van der Waals surface area contributed by atoms with E-state index >= 15 is 0 Å². The molecule has 0 spiro atoms. The summed E-state index contributed by atoms with van der Waals surface area (Å²) in [6.45, 7) is 3.19. The second-order valence-electron chi connectivity index (χ2n) is 5.33. The molecule has 4 nitrogen and oxygen atoms in total. The summed E-state index contributed by atoms with van der Waals surface area (Å²) in [5.41, 5.74) is 0. The van der Waals surface area contributed by atoms with Crippen molar-refractivity contribution in [1.82, 2.24) is 10.2 Å². The number of carbonyl (C=O) groups is 2. The van der Waals surface area contributed by atoms with E-state index in [1.807, 2.05) is 4.90 Å². The lowest BCUT2D eigenvalue weighted by Crippen LogP contribution is -2.47. The first kappa shape index (κ1) is 13.9. The Morgan fingerprint density at radius 2 is 2.11 bits per heavy atom. The fourth-order valence-electron chi connectivity index (χ4n) is 3.14. The van der Waals surface area contributed by atoms with E-state index in [1.165, 1.54) is 0 Å². The third-order valence-corrected chi connectivity index (χ3v) is 4.08. The van der Waals surface area contributed by atoms with Crippen LogP contribution in [0.2, 0.25) is 0 Å². The van der Waals surface area contributed by atoms with E-state index < -0.39 is 0 Å². The van der Waals surface area contributed by atoms with Crippen molar-refractivity contribution in [3.63, 3.8) is 0 Å². The first-order valence-corrected chi connectivity index (χ1v) is 7.25. The fraction of sp³-hybridized carbons (Fsp3) is 0.733. The number of hydrogen-bond donors (Lipinski definition) is 1. The van der Waals surface area contributed by atoms with Crippen LogP contribution >= 0.6 is 0 Å². The Labute approximate surface area is 114 Å². The Balaban J connectivity index is 2.18. The summed E-state index contributed by atoms with van der Waals surface area (Å²) in [7, 11) is 0. The van der Waals surface area contributed by atoms with Crippen molar-refractivity contribution in [2.24, 2.45) is 5.92 Å². The van der Waals surface area contributed by atoms with Crippen molar-refractivity contribution in [3.8, 4) is 11.8 Å². The minimum Gasteiger partial charge on any atom is -0.356 e. The monoisotopic (exact) mass is 262 g/mol. The van der Waals surface area contributed by atoms with Gasteiger partial charge in [-0.1, -0.05) is 12.3 Å². The smallest absolute Gasteiger partial charge is 0.298 e. The molecule has 104 valence electrons. The highest BCUT2D eigenvalue weighted by atomic mass is 16.2. The zero-order valence-electron chi connectivity index (χ0n) is 11.6. The molecule has 0 unspecified atom stereocenters. The fourth-order valence-corrected chi connectivity index (χ4v) is 3.14. The van der Waals surface area contributed by atoms with E-state index in [9.17, 15) is 9.59 Å². The summed E-state index contributed by atoms with van der Waals surface area (Å²) in [5, 5.41) is 3.00. The standard InChI is InChI=1S/C15H22N2O2/c1-2-7-14(18)17-11-5-3-4-10-16-15(19)12-8-6-9-13(12)17/h12-13H,3-6,8-11H2,1H3,(H,16,19)/t12-,13+/m1/s1. The summed E-state index contributed by atoms with van der Waals surface area (Å²) >= 11 is 0. The normalized spacial score (nSPS) is 27.8. The van der Waals surface area contributed by atoms with Gasteiger partial charge < -0.3 is 10.2 Å². The highest BCUT2D eigenvalue weighted by Gasteiger charge is 2.38. The number of nitrogens with one attached hydrogen (secondary N) is 1. The quantitative estimate of drug-likeness (QED) is 0.669. The highest BCUT2D eigenvalue weighted by molar-refractivity contribution is 5.94. The molecule has 4 heteroatoms.